The summed E-state index contributed by atoms with van der Waals surface area (Å²) in [5.41, 5.74) is 0. The molecule has 6 heteroatoms. The molecule has 2 rings (SSSR count). The lowest BCUT2D eigenvalue weighted by atomic mass is 10.2. The molecular formula is C10H13BrClN3O. The number of methoxy groups -OCH3 is 1. The van der Waals surface area contributed by atoms with Crippen LogP contribution in [0, 0.1) is 0 Å². The number of nitrogens with zero attached hydrogens (tertiary/aromatic N) is 1. The molecule has 0 bridgehead atoms. The highest BCUT2D eigenvalue weighted by molar-refractivity contribution is 9.10. The molecule has 0 radical (unpaired) electrons. The molecule has 1 fully saturated rings. The first kappa shape index (κ1) is 12.1. The fourth-order valence-electron chi connectivity index (χ4n) is 1.74. The summed E-state index contributed by atoms with van der Waals surface area (Å²) in [6.07, 6.45) is 1.87. The van der Waals surface area contributed by atoms with Crippen molar-refractivity contribution in [3.8, 4) is 0 Å². The van der Waals surface area contributed by atoms with E-state index >= 15 is 0 Å². The molecule has 1 aromatic rings. The van der Waals surface area contributed by atoms with Crippen molar-refractivity contribution in [2.75, 3.05) is 25.5 Å². The van der Waals surface area contributed by atoms with Crippen LogP contribution in [0.5, 0.6) is 0 Å². The molecule has 2 atom stereocenters. The molecule has 0 spiro atoms. The molecule has 4 nitrogen and oxygen atoms in total. The van der Waals surface area contributed by atoms with Gasteiger partial charge in [0.1, 0.15) is 5.82 Å². The van der Waals surface area contributed by atoms with Gasteiger partial charge in [0, 0.05) is 30.9 Å². The Morgan fingerprint density at radius 2 is 2.44 bits per heavy atom. The van der Waals surface area contributed by atoms with Crippen molar-refractivity contribution in [2.45, 2.75) is 12.1 Å². The Morgan fingerprint density at radius 3 is 3.12 bits per heavy atom. The minimum Gasteiger partial charge on any atom is -0.378 e. The molecule has 1 saturated heterocycles. The molecule has 0 saturated carbocycles. The lowest BCUT2D eigenvalue weighted by molar-refractivity contribution is 0.111. The Kier molecular flexibility index (Phi) is 4.02. The number of aromatic nitrogens is 1. The van der Waals surface area contributed by atoms with Crippen LogP contribution in [-0.2, 0) is 4.74 Å². The van der Waals surface area contributed by atoms with Gasteiger partial charge >= 0.3 is 0 Å². The maximum Gasteiger partial charge on any atom is 0.145 e. The summed E-state index contributed by atoms with van der Waals surface area (Å²) in [5, 5.41) is 7.15. The lowest BCUT2D eigenvalue weighted by Gasteiger charge is -2.19. The van der Waals surface area contributed by atoms with Crippen LogP contribution < -0.4 is 10.6 Å². The maximum atomic E-state index is 6.08. The molecule has 2 heterocycles. The van der Waals surface area contributed by atoms with Crippen molar-refractivity contribution < 1.29 is 4.74 Å². The second-order valence-corrected chi connectivity index (χ2v) is 4.99. The molecule has 1 aliphatic heterocycles. The number of hydrogen-bond donors (Lipinski definition) is 2. The topological polar surface area (TPSA) is 46.2 Å². The van der Waals surface area contributed by atoms with Crippen LogP contribution in [0.3, 0.4) is 0 Å². The van der Waals surface area contributed by atoms with E-state index in [2.05, 4.69) is 31.5 Å². The molecule has 0 aliphatic carbocycles. The standard InChI is InChI=1S/C10H13BrClN3O/c1-16-9-5-13-4-8(9)15-10-7(12)2-6(11)3-14-10/h2-3,8-9,13H,4-5H2,1H3,(H,14,15)/t8?,9-/m0/s1. The fraction of sp³-hybridized carbons (Fsp3) is 0.500. The van der Waals surface area contributed by atoms with Gasteiger partial charge in [-0.2, -0.15) is 0 Å². The molecular weight excluding hydrogens is 293 g/mol. The van der Waals surface area contributed by atoms with Crippen LogP contribution in [0.15, 0.2) is 16.7 Å². The third-order valence-electron chi connectivity index (χ3n) is 2.59. The highest BCUT2D eigenvalue weighted by Gasteiger charge is 2.27. The third-order valence-corrected chi connectivity index (χ3v) is 3.31. The summed E-state index contributed by atoms with van der Waals surface area (Å²) in [6, 6.07) is 2.03. The van der Waals surface area contributed by atoms with E-state index in [1.807, 2.05) is 6.07 Å². The van der Waals surface area contributed by atoms with Gasteiger partial charge in [0.15, 0.2) is 0 Å². The number of ether oxygens (including phenoxy) is 1. The Morgan fingerprint density at radius 1 is 1.62 bits per heavy atom. The number of hydrogen-bond acceptors (Lipinski definition) is 4. The Hall–Kier alpha value is -0.360. The molecule has 0 aromatic carbocycles. The summed E-state index contributed by atoms with van der Waals surface area (Å²) in [4.78, 5) is 4.24. The average Bonchev–Trinajstić information content (AvgIpc) is 2.69. The monoisotopic (exact) mass is 305 g/mol. The van der Waals surface area contributed by atoms with E-state index in [4.69, 9.17) is 16.3 Å². The highest BCUT2D eigenvalue weighted by Crippen LogP contribution is 2.24. The molecule has 1 aliphatic rings. The zero-order valence-corrected chi connectivity index (χ0v) is 11.2. The van der Waals surface area contributed by atoms with E-state index < -0.39 is 0 Å². The first-order chi connectivity index (χ1) is 7.70. The molecule has 1 aromatic heterocycles. The number of halogens is 2. The van der Waals surface area contributed by atoms with Gasteiger partial charge in [-0.3, -0.25) is 0 Å². The van der Waals surface area contributed by atoms with Crippen molar-refractivity contribution in [3.05, 3.63) is 21.8 Å². The van der Waals surface area contributed by atoms with Crippen LogP contribution in [0.1, 0.15) is 0 Å². The van der Waals surface area contributed by atoms with E-state index in [1.54, 1.807) is 13.3 Å². The van der Waals surface area contributed by atoms with E-state index in [9.17, 15) is 0 Å². The fourth-order valence-corrected chi connectivity index (χ4v) is 2.43. The third kappa shape index (κ3) is 2.66. The van der Waals surface area contributed by atoms with Crippen molar-refractivity contribution >= 4 is 33.3 Å². The van der Waals surface area contributed by atoms with Gasteiger partial charge in [0.25, 0.3) is 0 Å². The van der Waals surface area contributed by atoms with Gasteiger partial charge in [-0.15, -0.1) is 0 Å². The van der Waals surface area contributed by atoms with E-state index in [1.165, 1.54) is 0 Å². The number of rotatable bonds is 3. The predicted molar refractivity (Wildman–Crippen MR) is 68.0 cm³/mol. The first-order valence-electron chi connectivity index (χ1n) is 5.02. The SMILES string of the molecule is CO[C@H]1CNCC1Nc1ncc(Br)cc1Cl. The highest BCUT2D eigenvalue weighted by atomic mass is 79.9. The van der Waals surface area contributed by atoms with Crippen molar-refractivity contribution in [3.63, 3.8) is 0 Å². The van der Waals surface area contributed by atoms with Gasteiger partial charge in [-0.25, -0.2) is 4.98 Å². The van der Waals surface area contributed by atoms with Crippen molar-refractivity contribution in [2.24, 2.45) is 0 Å². The summed E-state index contributed by atoms with van der Waals surface area (Å²) >= 11 is 9.41. The molecule has 0 amide bonds. The van der Waals surface area contributed by atoms with E-state index in [-0.39, 0.29) is 12.1 Å². The predicted octanol–water partition coefficient (Wildman–Crippen LogP) is 1.90. The first-order valence-corrected chi connectivity index (χ1v) is 6.19. The van der Waals surface area contributed by atoms with E-state index in [0.29, 0.717) is 10.8 Å². The Labute approximate surface area is 108 Å². The smallest absolute Gasteiger partial charge is 0.145 e. The van der Waals surface area contributed by atoms with Crippen LogP contribution in [0.4, 0.5) is 5.82 Å². The second kappa shape index (κ2) is 5.31. The lowest BCUT2D eigenvalue weighted by Crippen LogP contribution is -2.33. The normalized spacial score (nSPS) is 24.7. The summed E-state index contributed by atoms with van der Waals surface area (Å²) < 4.78 is 6.23. The Balaban J connectivity index is 2.08. The van der Waals surface area contributed by atoms with Crippen molar-refractivity contribution in [1.29, 1.82) is 0 Å². The van der Waals surface area contributed by atoms with Gasteiger partial charge in [-0.1, -0.05) is 11.6 Å². The summed E-state index contributed by atoms with van der Waals surface area (Å²) in [7, 11) is 1.71. The van der Waals surface area contributed by atoms with Gasteiger partial charge in [0.2, 0.25) is 0 Å². The minimum absolute atomic E-state index is 0.154. The van der Waals surface area contributed by atoms with Crippen LogP contribution in [0.2, 0.25) is 5.02 Å². The van der Waals surface area contributed by atoms with Gasteiger partial charge < -0.3 is 15.4 Å². The van der Waals surface area contributed by atoms with Gasteiger partial charge in [0.05, 0.1) is 17.2 Å². The van der Waals surface area contributed by atoms with Gasteiger partial charge in [-0.05, 0) is 22.0 Å². The summed E-state index contributed by atoms with van der Waals surface area (Å²) in [5.74, 6) is 0.695. The van der Waals surface area contributed by atoms with E-state index in [0.717, 1.165) is 17.6 Å². The van der Waals surface area contributed by atoms with Crippen LogP contribution >= 0.6 is 27.5 Å². The largest absolute Gasteiger partial charge is 0.378 e. The molecule has 1 unspecified atom stereocenters. The number of anilines is 1. The van der Waals surface area contributed by atoms with Crippen LogP contribution in [-0.4, -0.2) is 37.3 Å². The zero-order valence-electron chi connectivity index (χ0n) is 8.84. The maximum absolute atomic E-state index is 6.08. The van der Waals surface area contributed by atoms with Crippen molar-refractivity contribution in [1.82, 2.24) is 10.3 Å². The number of pyridine rings is 1. The molecule has 16 heavy (non-hydrogen) atoms. The molecule has 2 N–H and O–H groups in total. The quantitative estimate of drug-likeness (QED) is 0.895. The summed E-state index contributed by atoms with van der Waals surface area (Å²) in [6.45, 7) is 1.70. The Bertz CT molecular complexity index is 377. The average molecular weight is 307 g/mol. The molecule has 88 valence electrons. The number of nitrogens with one attached hydrogen (secondary N) is 2. The second-order valence-electron chi connectivity index (χ2n) is 3.67. The minimum atomic E-state index is 0.154. The zero-order chi connectivity index (χ0) is 11.5. The van der Waals surface area contributed by atoms with Crippen LogP contribution in [0.25, 0.3) is 0 Å².